The molecule has 120 valence electrons. The third kappa shape index (κ3) is 8.17. The Hall–Kier alpha value is -0.940. The Morgan fingerprint density at radius 3 is 2.52 bits per heavy atom. The lowest BCUT2D eigenvalue weighted by Crippen LogP contribution is -2.34. The Labute approximate surface area is 128 Å². The SMILES string of the molecule is CC(C)CCCOCC(O)CNC(CO)c1ccccc1. The van der Waals surface area contributed by atoms with Gasteiger partial charge in [0.15, 0.2) is 0 Å². The molecule has 1 aromatic carbocycles. The summed E-state index contributed by atoms with van der Waals surface area (Å²) >= 11 is 0. The lowest BCUT2D eigenvalue weighted by atomic mass is 10.1. The summed E-state index contributed by atoms with van der Waals surface area (Å²) in [4.78, 5) is 0. The molecule has 0 fully saturated rings. The van der Waals surface area contributed by atoms with Crippen molar-refractivity contribution in [2.75, 3.05) is 26.4 Å². The summed E-state index contributed by atoms with van der Waals surface area (Å²) in [7, 11) is 0. The highest BCUT2D eigenvalue weighted by Gasteiger charge is 2.12. The van der Waals surface area contributed by atoms with E-state index in [0.29, 0.717) is 25.7 Å². The molecule has 0 amide bonds. The van der Waals surface area contributed by atoms with Gasteiger partial charge in [0.2, 0.25) is 0 Å². The molecule has 0 heterocycles. The number of aliphatic hydroxyl groups is 2. The topological polar surface area (TPSA) is 61.7 Å². The zero-order valence-corrected chi connectivity index (χ0v) is 13.2. The van der Waals surface area contributed by atoms with Crippen LogP contribution in [0.5, 0.6) is 0 Å². The lowest BCUT2D eigenvalue weighted by molar-refractivity contribution is 0.0323. The average Bonchev–Trinajstić information content (AvgIpc) is 2.48. The number of hydrogen-bond acceptors (Lipinski definition) is 4. The molecular formula is C17H29NO3. The Bertz CT molecular complexity index is 356. The summed E-state index contributed by atoms with van der Waals surface area (Å²) < 4.78 is 5.46. The van der Waals surface area contributed by atoms with Crippen molar-refractivity contribution in [2.24, 2.45) is 5.92 Å². The van der Waals surface area contributed by atoms with Gasteiger partial charge in [0, 0.05) is 13.2 Å². The number of rotatable bonds is 11. The maximum atomic E-state index is 9.88. The molecule has 0 radical (unpaired) electrons. The fraction of sp³-hybridized carbons (Fsp3) is 0.647. The van der Waals surface area contributed by atoms with Gasteiger partial charge in [0.25, 0.3) is 0 Å². The first-order valence-corrected chi connectivity index (χ1v) is 7.78. The van der Waals surface area contributed by atoms with Crippen molar-refractivity contribution in [2.45, 2.75) is 38.8 Å². The quantitative estimate of drug-likeness (QED) is 0.547. The van der Waals surface area contributed by atoms with Crippen molar-refractivity contribution in [1.82, 2.24) is 5.32 Å². The Kier molecular flexibility index (Phi) is 9.26. The van der Waals surface area contributed by atoms with Crippen LogP contribution in [0.15, 0.2) is 30.3 Å². The number of nitrogens with one attached hydrogen (secondary N) is 1. The maximum absolute atomic E-state index is 9.88. The highest BCUT2D eigenvalue weighted by molar-refractivity contribution is 5.18. The second kappa shape index (κ2) is 10.7. The first-order chi connectivity index (χ1) is 10.1. The highest BCUT2D eigenvalue weighted by Crippen LogP contribution is 2.11. The summed E-state index contributed by atoms with van der Waals surface area (Å²) in [5.41, 5.74) is 1.02. The molecule has 21 heavy (non-hydrogen) atoms. The van der Waals surface area contributed by atoms with Gasteiger partial charge < -0.3 is 20.3 Å². The fourth-order valence-electron chi connectivity index (χ4n) is 2.12. The first-order valence-electron chi connectivity index (χ1n) is 7.78. The van der Waals surface area contributed by atoms with E-state index < -0.39 is 6.10 Å². The van der Waals surface area contributed by atoms with Crippen molar-refractivity contribution in [3.05, 3.63) is 35.9 Å². The Morgan fingerprint density at radius 1 is 1.19 bits per heavy atom. The van der Waals surface area contributed by atoms with Crippen molar-refractivity contribution in [1.29, 1.82) is 0 Å². The van der Waals surface area contributed by atoms with E-state index in [1.165, 1.54) is 0 Å². The van der Waals surface area contributed by atoms with Gasteiger partial charge in [-0.3, -0.25) is 0 Å². The van der Waals surface area contributed by atoms with Gasteiger partial charge in [-0.15, -0.1) is 0 Å². The summed E-state index contributed by atoms with van der Waals surface area (Å²) in [6.07, 6.45) is 1.62. The maximum Gasteiger partial charge on any atom is 0.0897 e. The van der Waals surface area contributed by atoms with Crippen molar-refractivity contribution < 1.29 is 14.9 Å². The van der Waals surface area contributed by atoms with Crippen LogP contribution >= 0.6 is 0 Å². The van der Waals surface area contributed by atoms with Crippen molar-refractivity contribution >= 4 is 0 Å². The molecule has 0 aliphatic rings. The van der Waals surface area contributed by atoms with Crippen LogP contribution in [-0.2, 0) is 4.74 Å². The van der Waals surface area contributed by atoms with E-state index in [1.54, 1.807) is 0 Å². The molecule has 1 rings (SSSR count). The van der Waals surface area contributed by atoms with Gasteiger partial charge in [-0.2, -0.15) is 0 Å². The third-order valence-corrected chi connectivity index (χ3v) is 3.36. The second-order valence-electron chi connectivity index (χ2n) is 5.82. The van der Waals surface area contributed by atoms with E-state index in [-0.39, 0.29) is 12.6 Å². The predicted molar refractivity (Wildman–Crippen MR) is 85.2 cm³/mol. The summed E-state index contributed by atoms with van der Waals surface area (Å²) in [6, 6.07) is 9.59. The number of aliphatic hydroxyl groups excluding tert-OH is 2. The van der Waals surface area contributed by atoms with Gasteiger partial charge in [-0.25, -0.2) is 0 Å². The van der Waals surface area contributed by atoms with Crippen LogP contribution < -0.4 is 5.32 Å². The van der Waals surface area contributed by atoms with Crippen LogP contribution in [-0.4, -0.2) is 42.7 Å². The Balaban J connectivity index is 2.18. The van der Waals surface area contributed by atoms with Crippen LogP contribution in [0.2, 0.25) is 0 Å². The molecule has 0 aliphatic carbocycles. The van der Waals surface area contributed by atoms with Gasteiger partial charge in [0.05, 0.1) is 25.4 Å². The molecule has 1 aromatic rings. The van der Waals surface area contributed by atoms with Crippen LogP contribution in [0, 0.1) is 5.92 Å². The molecular weight excluding hydrogens is 266 g/mol. The zero-order valence-electron chi connectivity index (χ0n) is 13.2. The second-order valence-corrected chi connectivity index (χ2v) is 5.82. The molecule has 4 heteroatoms. The van der Waals surface area contributed by atoms with Crippen LogP contribution in [0.1, 0.15) is 38.3 Å². The molecule has 0 aromatic heterocycles. The van der Waals surface area contributed by atoms with E-state index in [9.17, 15) is 10.2 Å². The highest BCUT2D eigenvalue weighted by atomic mass is 16.5. The van der Waals surface area contributed by atoms with Gasteiger partial charge in [-0.05, 0) is 24.3 Å². The molecule has 0 spiro atoms. The molecule has 0 aliphatic heterocycles. The van der Waals surface area contributed by atoms with Gasteiger partial charge in [-0.1, -0.05) is 44.2 Å². The molecule has 3 N–H and O–H groups in total. The minimum absolute atomic E-state index is 0.00593. The van der Waals surface area contributed by atoms with Crippen molar-refractivity contribution in [3.63, 3.8) is 0 Å². The Morgan fingerprint density at radius 2 is 1.90 bits per heavy atom. The summed E-state index contributed by atoms with van der Waals surface area (Å²) in [6.45, 7) is 5.82. The number of hydrogen-bond donors (Lipinski definition) is 3. The zero-order chi connectivity index (χ0) is 15.5. The molecule has 2 atom stereocenters. The van der Waals surface area contributed by atoms with E-state index in [2.05, 4.69) is 19.2 Å². The monoisotopic (exact) mass is 295 g/mol. The van der Waals surface area contributed by atoms with Crippen LogP contribution in [0.25, 0.3) is 0 Å². The molecule has 0 saturated carbocycles. The number of benzene rings is 1. The van der Waals surface area contributed by atoms with Gasteiger partial charge in [0.1, 0.15) is 0 Å². The first kappa shape index (κ1) is 18.1. The minimum atomic E-state index is -0.554. The molecule has 0 saturated heterocycles. The summed E-state index contributed by atoms with van der Waals surface area (Å²) in [5.74, 6) is 0.691. The molecule has 0 bridgehead atoms. The molecule has 4 nitrogen and oxygen atoms in total. The predicted octanol–water partition coefficient (Wildman–Crippen LogP) is 2.12. The van der Waals surface area contributed by atoms with E-state index in [4.69, 9.17) is 4.74 Å². The normalized spacial score (nSPS) is 14.3. The van der Waals surface area contributed by atoms with Gasteiger partial charge >= 0.3 is 0 Å². The largest absolute Gasteiger partial charge is 0.394 e. The third-order valence-electron chi connectivity index (χ3n) is 3.36. The standard InChI is InChI=1S/C17H29NO3/c1-14(2)7-6-10-21-13-16(20)11-18-17(12-19)15-8-4-3-5-9-15/h3-5,8-9,14,16-20H,6-7,10-13H2,1-2H3. The average molecular weight is 295 g/mol. The minimum Gasteiger partial charge on any atom is -0.394 e. The van der Waals surface area contributed by atoms with Crippen molar-refractivity contribution in [3.8, 4) is 0 Å². The van der Waals surface area contributed by atoms with E-state index in [1.807, 2.05) is 30.3 Å². The smallest absolute Gasteiger partial charge is 0.0897 e. The van der Waals surface area contributed by atoms with Crippen LogP contribution in [0.3, 0.4) is 0 Å². The van der Waals surface area contributed by atoms with Crippen LogP contribution in [0.4, 0.5) is 0 Å². The lowest BCUT2D eigenvalue weighted by Gasteiger charge is -2.19. The van der Waals surface area contributed by atoms with E-state index in [0.717, 1.165) is 18.4 Å². The van der Waals surface area contributed by atoms with E-state index >= 15 is 0 Å². The number of ether oxygens (including phenoxy) is 1. The molecule has 2 unspecified atom stereocenters. The summed E-state index contributed by atoms with van der Waals surface area (Å²) in [5, 5.41) is 22.5. The fourth-order valence-corrected chi connectivity index (χ4v) is 2.12.